The van der Waals surface area contributed by atoms with E-state index in [2.05, 4.69) is 65.2 Å². The van der Waals surface area contributed by atoms with Crippen molar-refractivity contribution in [3.8, 4) is 11.1 Å². The third kappa shape index (κ3) is 4.72. The zero-order valence-corrected chi connectivity index (χ0v) is 19.4. The Labute approximate surface area is 189 Å². The minimum atomic E-state index is -0.446. The predicted octanol–water partition coefficient (Wildman–Crippen LogP) is 5.48. The second kappa shape index (κ2) is 8.47. The Balaban J connectivity index is 1.48. The number of piperidine rings is 1. The maximum Gasteiger partial charge on any atom is 0.229 e. The lowest BCUT2D eigenvalue weighted by molar-refractivity contribution is -0.00778. The lowest BCUT2D eigenvalue weighted by atomic mass is 9.77. The number of nitrogens with one attached hydrogen (secondary N) is 2. The molecule has 1 fully saturated rings. The van der Waals surface area contributed by atoms with Crippen LogP contribution in [-0.4, -0.2) is 44.0 Å². The van der Waals surface area contributed by atoms with Crippen molar-refractivity contribution in [3.63, 3.8) is 0 Å². The Hall–Kier alpha value is -3.06. The molecule has 0 radical (unpaired) electrons. The second-order valence-corrected chi connectivity index (χ2v) is 9.76. The molecule has 1 aliphatic rings. The zero-order chi connectivity index (χ0) is 22.9. The Morgan fingerprint density at radius 1 is 0.938 bits per heavy atom. The van der Waals surface area contributed by atoms with E-state index in [1.165, 1.54) is 6.20 Å². The van der Waals surface area contributed by atoms with Crippen LogP contribution in [0.1, 0.15) is 40.5 Å². The fourth-order valence-corrected chi connectivity index (χ4v) is 4.61. The summed E-state index contributed by atoms with van der Waals surface area (Å²) in [5, 5.41) is 6.52. The minimum Gasteiger partial charge on any atom is -0.365 e. The largest absolute Gasteiger partial charge is 0.365 e. The number of halogens is 1. The standard InChI is InChI=1S/C25H31FN6/c1-24(2)14-20(15-25(3,4)32(24)5)29-22-21(26)16-28-23(31-22)30-19-8-6-17(7-9-19)18-10-12-27-13-11-18/h6-13,16,20H,14-15H2,1-5H3,(H2,28,29,30,31). The van der Waals surface area contributed by atoms with Gasteiger partial charge in [-0.05, 0) is 83.0 Å². The van der Waals surface area contributed by atoms with Gasteiger partial charge in [-0.2, -0.15) is 4.98 Å². The maximum absolute atomic E-state index is 14.5. The molecule has 4 rings (SSSR count). The summed E-state index contributed by atoms with van der Waals surface area (Å²) >= 11 is 0. The maximum atomic E-state index is 14.5. The van der Waals surface area contributed by atoms with Gasteiger partial charge in [0, 0.05) is 35.2 Å². The van der Waals surface area contributed by atoms with Gasteiger partial charge in [0.25, 0.3) is 0 Å². The normalized spacial score (nSPS) is 18.3. The molecule has 168 valence electrons. The predicted molar refractivity (Wildman–Crippen MR) is 128 cm³/mol. The summed E-state index contributed by atoms with van der Waals surface area (Å²) in [5.74, 6) is 0.146. The first-order chi connectivity index (χ1) is 15.1. The number of benzene rings is 1. The molecule has 0 spiro atoms. The molecule has 0 unspecified atom stereocenters. The number of rotatable bonds is 5. The van der Waals surface area contributed by atoms with Crippen molar-refractivity contribution in [2.45, 2.75) is 57.7 Å². The van der Waals surface area contributed by atoms with E-state index in [1.54, 1.807) is 12.4 Å². The average Bonchev–Trinajstić information content (AvgIpc) is 2.75. The summed E-state index contributed by atoms with van der Waals surface area (Å²) in [4.78, 5) is 15.0. The Morgan fingerprint density at radius 2 is 1.53 bits per heavy atom. The first-order valence-corrected chi connectivity index (χ1v) is 10.9. The van der Waals surface area contributed by atoms with E-state index < -0.39 is 5.82 Å². The molecule has 32 heavy (non-hydrogen) atoms. The first kappa shape index (κ1) is 22.1. The van der Waals surface area contributed by atoms with Crippen molar-refractivity contribution in [1.29, 1.82) is 0 Å². The van der Waals surface area contributed by atoms with Crippen molar-refractivity contribution >= 4 is 17.5 Å². The quantitative estimate of drug-likeness (QED) is 0.554. The molecular formula is C25H31FN6. The number of nitrogens with zero attached hydrogens (tertiary/aromatic N) is 4. The lowest BCUT2D eigenvalue weighted by Crippen LogP contribution is -2.61. The smallest absolute Gasteiger partial charge is 0.229 e. The molecule has 7 heteroatoms. The molecule has 1 aliphatic heterocycles. The van der Waals surface area contributed by atoms with Crippen molar-refractivity contribution < 1.29 is 4.39 Å². The molecule has 0 aliphatic carbocycles. The summed E-state index contributed by atoms with van der Waals surface area (Å²) in [6.45, 7) is 8.89. The van der Waals surface area contributed by atoms with Gasteiger partial charge in [-0.3, -0.25) is 9.88 Å². The number of pyridine rings is 1. The van der Waals surface area contributed by atoms with Crippen LogP contribution in [0, 0.1) is 5.82 Å². The molecule has 6 nitrogen and oxygen atoms in total. The lowest BCUT2D eigenvalue weighted by Gasteiger charge is -2.53. The molecule has 0 saturated carbocycles. The average molecular weight is 435 g/mol. The number of aromatic nitrogens is 3. The highest BCUT2D eigenvalue weighted by Crippen LogP contribution is 2.38. The molecule has 1 saturated heterocycles. The van der Waals surface area contributed by atoms with Gasteiger partial charge >= 0.3 is 0 Å². The zero-order valence-electron chi connectivity index (χ0n) is 19.4. The summed E-state index contributed by atoms with van der Waals surface area (Å²) in [5.41, 5.74) is 3.02. The number of likely N-dealkylation sites (tertiary alicyclic amines) is 1. The van der Waals surface area contributed by atoms with Crippen molar-refractivity contribution in [3.05, 3.63) is 60.8 Å². The summed E-state index contributed by atoms with van der Waals surface area (Å²) in [7, 11) is 2.16. The van der Waals surface area contributed by atoms with Crippen LogP contribution in [0.2, 0.25) is 0 Å². The van der Waals surface area contributed by atoms with E-state index in [1.807, 2.05) is 36.4 Å². The molecule has 0 amide bonds. The molecule has 0 atom stereocenters. The molecule has 3 heterocycles. The minimum absolute atomic E-state index is 0.000561. The van der Waals surface area contributed by atoms with E-state index in [-0.39, 0.29) is 22.9 Å². The van der Waals surface area contributed by atoms with Crippen LogP contribution in [0.3, 0.4) is 0 Å². The monoisotopic (exact) mass is 434 g/mol. The van der Waals surface area contributed by atoms with Gasteiger partial charge in [0.1, 0.15) is 0 Å². The summed E-state index contributed by atoms with van der Waals surface area (Å²) in [6, 6.07) is 12.0. The SMILES string of the molecule is CN1C(C)(C)CC(Nc2nc(Nc3ccc(-c4ccncc4)cc3)ncc2F)CC1(C)C. The fourth-order valence-electron chi connectivity index (χ4n) is 4.61. The van der Waals surface area contributed by atoms with Gasteiger partial charge in [0.2, 0.25) is 5.95 Å². The third-order valence-corrected chi connectivity index (χ3v) is 6.55. The molecular weight excluding hydrogens is 403 g/mol. The van der Waals surface area contributed by atoms with Crippen LogP contribution in [0.4, 0.5) is 21.8 Å². The van der Waals surface area contributed by atoms with Gasteiger partial charge in [-0.15, -0.1) is 0 Å². The second-order valence-electron chi connectivity index (χ2n) is 9.76. The molecule has 0 bridgehead atoms. The van der Waals surface area contributed by atoms with Crippen LogP contribution in [0.5, 0.6) is 0 Å². The molecule has 2 aromatic heterocycles. The highest BCUT2D eigenvalue weighted by atomic mass is 19.1. The van der Waals surface area contributed by atoms with Crippen LogP contribution in [-0.2, 0) is 0 Å². The number of anilines is 3. The molecule has 2 N–H and O–H groups in total. The van der Waals surface area contributed by atoms with Gasteiger partial charge < -0.3 is 10.6 Å². The number of hydrogen-bond acceptors (Lipinski definition) is 6. The van der Waals surface area contributed by atoms with E-state index in [0.29, 0.717) is 5.95 Å². The van der Waals surface area contributed by atoms with E-state index in [0.717, 1.165) is 29.7 Å². The van der Waals surface area contributed by atoms with E-state index in [4.69, 9.17) is 0 Å². The van der Waals surface area contributed by atoms with Crippen LogP contribution in [0.15, 0.2) is 55.0 Å². The topological polar surface area (TPSA) is 66.0 Å². The highest BCUT2D eigenvalue weighted by molar-refractivity contribution is 5.67. The van der Waals surface area contributed by atoms with Gasteiger partial charge in [0.05, 0.1) is 6.20 Å². The van der Waals surface area contributed by atoms with Crippen molar-refractivity contribution in [2.75, 3.05) is 17.7 Å². The summed E-state index contributed by atoms with van der Waals surface area (Å²) in [6.07, 6.45) is 6.56. The third-order valence-electron chi connectivity index (χ3n) is 6.55. The summed E-state index contributed by atoms with van der Waals surface area (Å²) < 4.78 is 14.5. The Morgan fingerprint density at radius 3 is 2.16 bits per heavy atom. The highest BCUT2D eigenvalue weighted by Gasteiger charge is 2.43. The van der Waals surface area contributed by atoms with Crippen molar-refractivity contribution in [2.24, 2.45) is 0 Å². The van der Waals surface area contributed by atoms with Crippen molar-refractivity contribution in [1.82, 2.24) is 19.9 Å². The van der Waals surface area contributed by atoms with Gasteiger partial charge in [-0.1, -0.05) is 12.1 Å². The molecule has 3 aromatic rings. The Bertz CT molecular complexity index is 1050. The fraction of sp³-hybridized carbons (Fsp3) is 0.400. The van der Waals surface area contributed by atoms with E-state index >= 15 is 0 Å². The van der Waals surface area contributed by atoms with Crippen LogP contribution >= 0.6 is 0 Å². The van der Waals surface area contributed by atoms with Gasteiger partial charge in [0.15, 0.2) is 11.6 Å². The first-order valence-electron chi connectivity index (χ1n) is 10.9. The number of hydrogen-bond donors (Lipinski definition) is 2. The van der Waals surface area contributed by atoms with Crippen LogP contribution in [0.25, 0.3) is 11.1 Å². The Kier molecular flexibility index (Phi) is 5.86. The molecule has 1 aromatic carbocycles. The van der Waals surface area contributed by atoms with Crippen LogP contribution < -0.4 is 10.6 Å². The van der Waals surface area contributed by atoms with Gasteiger partial charge in [-0.25, -0.2) is 9.37 Å². The van der Waals surface area contributed by atoms with E-state index in [9.17, 15) is 4.39 Å².